The van der Waals surface area contributed by atoms with Crippen LogP contribution in [-0.2, 0) is 9.84 Å². The highest BCUT2D eigenvalue weighted by Gasteiger charge is 2.26. The molecular formula is C9H8INO5S. The maximum Gasteiger partial charge on any atom is 0.269 e. The average Bonchev–Trinajstić information content (AvgIpc) is 2.26. The van der Waals surface area contributed by atoms with Crippen molar-refractivity contribution in [2.75, 3.05) is 6.26 Å². The summed E-state index contributed by atoms with van der Waals surface area (Å²) in [7, 11) is -3.47. The number of alkyl halides is 1. The van der Waals surface area contributed by atoms with Crippen LogP contribution in [0.3, 0.4) is 0 Å². The van der Waals surface area contributed by atoms with Crippen molar-refractivity contribution >= 4 is 43.9 Å². The van der Waals surface area contributed by atoms with Crippen LogP contribution in [0.1, 0.15) is 10.4 Å². The van der Waals surface area contributed by atoms with E-state index < -0.39 is 23.8 Å². The minimum Gasteiger partial charge on any atom is -0.292 e. The van der Waals surface area contributed by atoms with Crippen molar-refractivity contribution in [2.45, 2.75) is 3.26 Å². The fraction of sp³-hybridized carbons (Fsp3) is 0.222. The highest BCUT2D eigenvalue weighted by atomic mass is 127. The summed E-state index contributed by atoms with van der Waals surface area (Å²) in [5.74, 6) is -0.581. The van der Waals surface area contributed by atoms with Crippen LogP contribution >= 0.6 is 22.6 Å². The molecule has 0 heterocycles. The van der Waals surface area contributed by atoms with E-state index in [4.69, 9.17) is 0 Å². The molecule has 0 spiro atoms. The fourth-order valence-corrected chi connectivity index (χ4v) is 1.96. The first-order valence-electron chi connectivity index (χ1n) is 4.35. The highest BCUT2D eigenvalue weighted by molar-refractivity contribution is 14.1. The first-order chi connectivity index (χ1) is 7.73. The van der Waals surface area contributed by atoms with Crippen molar-refractivity contribution in [2.24, 2.45) is 0 Å². The number of hydrogen-bond acceptors (Lipinski definition) is 5. The largest absolute Gasteiger partial charge is 0.292 e. The molecule has 0 amide bonds. The second-order valence-corrected chi connectivity index (χ2v) is 7.54. The number of non-ortho nitro benzene ring substituents is 1. The van der Waals surface area contributed by atoms with Gasteiger partial charge in [0.05, 0.1) is 4.92 Å². The first-order valence-corrected chi connectivity index (χ1v) is 7.55. The number of carbonyl (C=O) groups excluding carboxylic acids is 1. The molecule has 0 bridgehead atoms. The Morgan fingerprint density at radius 3 is 2.18 bits per heavy atom. The minimum atomic E-state index is -3.47. The van der Waals surface area contributed by atoms with Crippen LogP contribution in [0.5, 0.6) is 0 Å². The molecule has 0 radical (unpaired) electrons. The summed E-state index contributed by atoms with van der Waals surface area (Å²) in [4.78, 5) is 21.5. The SMILES string of the molecule is CS(=O)(=O)[C@H](I)C(=O)c1ccc([N+](=O)[O-])cc1. The predicted molar refractivity (Wildman–Crippen MR) is 70.1 cm³/mol. The zero-order valence-corrected chi connectivity index (χ0v) is 11.6. The summed E-state index contributed by atoms with van der Waals surface area (Å²) < 4.78 is 21.2. The molecule has 0 saturated heterocycles. The van der Waals surface area contributed by atoms with Gasteiger partial charge in [-0.3, -0.25) is 14.9 Å². The number of hydrogen-bond donors (Lipinski definition) is 0. The van der Waals surface area contributed by atoms with Crippen LogP contribution in [0.2, 0.25) is 0 Å². The Labute approximate surface area is 111 Å². The number of rotatable bonds is 4. The van der Waals surface area contributed by atoms with Gasteiger partial charge in [-0.25, -0.2) is 8.42 Å². The van der Waals surface area contributed by atoms with Crippen molar-refractivity contribution in [3.8, 4) is 0 Å². The van der Waals surface area contributed by atoms with Crippen LogP contribution < -0.4 is 0 Å². The third-order valence-corrected chi connectivity index (χ3v) is 6.25. The van der Waals surface area contributed by atoms with E-state index in [-0.39, 0.29) is 11.3 Å². The summed E-state index contributed by atoms with van der Waals surface area (Å²) in [5.41, 5.74) is -0.00802. The summed E-state index contributed by atoms with van der Waals surface area (Å²) in [6.07, 6.45) is 0.966. The van der Waals surface area contributed by atoms with Crippen LogP contribution in [0, 0.1) is 10.1 Å². The molecule has 0 saturated carbocycles. The first kappa shape index (κ1) is 14.0. The van der Waals surface area contributed by atoms with Gasteiger partial charge < -0.3 is 0 Å². The van der Waals surface area contributed by atoms with E-state index in [1.54, 1.807) is 0 Å². The monoisotopic (exact) mass is 369 g/mol. The van der Waals surface area contributed by atoms with Crippen molar-refractivity contribution in [3.05, 3.63) is 39.9 Å². The van der Waals surface area contributed by atoms with E-state index in [2.05, 4.69) is 0 Å². The number of benzene rings is 1. The molecule has 1 rings (SSSR count). The molecule has 0 fully saturated rings. The van der Waals surface area contributed by atoms with E-state index >= 15 is 0 Å². The van der Waals surface area contributed by atoms with Crippen LogP contribution in [-0.4, -0.2) is 28.6 Å². The molecule has 0 N–H and O–H groups in total. The summed E-state index contributed by atoms with van der Waals surface area (Å²) >= 11 is 1.53. The number of Topliss-reactive ketones (excluding diaryl/α,β-unsaturated/α-hetero) is 1. The molecule has 8 heteroatoms. The van der Waals surface area contributed by atoms with Crippen molar-refractivity contribution in [3.63, 3.8) is 0 Å². The van der Waals surface area contributed by atoms with E-state index in [1.165, 1.54) is 46.9 Å². The Morgan fingerprint density at radius 2 is 1.82 bits per heavy atom. The Kier molecular flexibility index (Phi) is 4.20. The fourth-order valence-electron chi connectivity index (χ4n) is 1.07. The zero-order valence-electron chi connectivity index (χ0n) is 8.66. The number of halogens is 1. The molecule has 1 aromatic rings. The number of sulfone groups is 1. The van der Waals surface area contributed by atoms with E-state index in [9.17, 15) is 23.3 Å². The zero-order chi connectivity index (χ0) is 13.2. The summed E-state index contributed by atoms with van der Waals surface area (Å²) in [5, 5.41) is 10.4. The van der Waals surface area contributed by atoms with Gasteiger partial charge in [0.2, 0.25) is 0 Å². The summed E-state index contributed by atoms with van der Waals surface area (Å²) in [6.45, 7) is 0. The van der Waals surface area contributed by atoms with E-state index in [1.807, 2.05) is 0 Å². The Morgan fingerprint density at radius 1 is 1.35 bits per heavy atom. The minimum absolute atomic E-state index is 0.139. The molecule has 1 atom stereocenters. The molecule has 1 aromatic carbocycles. The number of carbonyl (C=O) groups is 1. The van der Waals surface area contributed by atoms with Gasteiger partial charge in [-0.2, -0.15) is 0 Å². The van der Waals surface area contributed by atoms with Gasteiger partial charge in [-0.15, -0.1) is 0 Å². The van der Waals surface area contributed by atoms with Crippen molar-refractivity contribution in [1.29, 1.82) is 0 Å². The van der Waals surface area contributed by atoms with E-state index in [0.29, 0.717) is 0 Å². The molecule has 0 aliphatic heterocycles. The van der Waals surface area contributed by atoms with Crippen molar-refractivity contribution in [1.82, 2.24) is 0 Å². The lowest BCUT2D eigenvalue weighted by atomic mass is 10.1. The third-order valence-electron chi connectivity index (χ3n) is 1.94. The molecule has 0 aliphatic rings. The lowest BCUT2D eigenvalue weighted by Gasteiger charge is -2.06. The normalized spacial score (nSPS) is 13.1. The van der Waals surface area contributed by atoms with Crippen LogP contribution in [0.25, 0.3) is 0 Å². The van der Waals surface area contributed by atoms with Gasteiger partial charge in [0.25, 0.3) is 5.69 Å². The quantitative estimate of drug-likeness (QED) is 0.264. The molecule has 92 valence electrons. The summed E-state index contributed by atoms with van der Waals surface area (Å²) in [6, 6.07) is 4.83. The Balaban J connectivity index is 3.03. The van der Waals surface area contributed by atoms with Gasteiger partial charge in [0, 0.05) is 24.0 Å². The number of ketones is 1. The molecular weight excluding hydrogens is 361 g/mol. The van der Waals surface area contributed by atoms with Crippen LogP contribution in [0.15, 0.2) is 24.3 Å². The smallest absolute Gasteiger partial charge is 0.269 e. The highest BCUT2D eigenvalue weighted by Crippen LogP contribution is 2.18. The number of nitro groups is 1. The second kappa shape index (κ2) is 5.08. The molecule has 0 unspecified atom stereocenters. The average molecular weight is 369 g/mol. The lowest BCUT2D eigenvalue weighted by molar-refractivity contribution is -0.384. The number of nitro benzene ring substituents is 1. The molecule has 0 aliphatic carbocycles. The Hall–Kier alpha value is -1.03. The standard InChI is InChI=1S/C9H8INO5S/c1-17(15,16)9(10)8(12)6-2-4-7(5-3-6)11(13)14/h2-5,9H,1H3/t9-/m0/s1. The third kappa shape index (κ3) is 3.46. The van der Waals surface area contributed by atoms with Crippen molar-refractivity contribution < 1.29 is 18.1 Å². The van der Waals surface area contributed by atoms with Gasteiger partial charge in [0.15, 0.2) is 18.9 Å². The lowest BCUT2D eigenvalue weighted by Crippen LogP contribution is -2.23. The topological polar surface area (TPSA) is 94.3 Å². The molecule has 17 heavy (non-hydrogen) atoms. The Bertz CT molecular complexity index is 551. The van der Waals surface area contributed by atoms with Crippen LogP contribution in [0.4, 0.5) is 5.69 Å². The maximum absolute atomic E-state index is 11.7. The maximum atomic E-state index is 11.7. The molecule has 6 nitrogen and oxygen atoms in total. The second-order valence-electron chi connectivity index (χ2n) is 3.31. The van der Waals surface area contributed by atoms with Gasteiger partial charge in [-0.05, 0) is 12.1 Å². The van der Waals surface area contributed by atoms with Gasteiger partial charge >= 0.3 is 0 Å². The number of nitrogens with zero attached hydrogens (tertiary/aromatic N) is 1. The van der Waals surface area contributed by atoms with Gasteiger partial charge in [0.1, 0.15) is 0 Å². The molecule has 0 aromatic heterocycles. The van der Waals surface area contributed by atoms with Gasteiger partial charge in [-0.1, -0.05) is 22.6 Å². The van der Waals surface area contributed by atoms with E-state index in [0.717, 1.165) is 6.26 Å². The predicted octanol–water partition coefficient (Wildman–Crippen LogP) is 1.58.